The Morgan fingerprint density at radius 3 is 1.75 bits per heavy atom. The molecule has 2 nitrogen and oxygen atoms in total. The van der Waals surface area contributed by atoms with Gasteiger partial charge in [-0.2, -0.15) is 0 Å². The molecule has 0 aliphatic carbocycles. The first-order valence-electron chi connectivity index (χ1n) is 12.9. The van der Waals surface area contributed by atoms with Crippen molar-refractivity contribution in [1.29, 1.82) is 0 Å². The Labute approximate surface area is 217 Å². The zero-order chi connectivity index (χ0) is 27.1. The number of rotatable bonds is 3. The Morgan fingerprint density at radius 2 is 1.25 bits per heavy atom. The van der Waals surface area contributed by atoms with Crippen LogP contribution < -0.4 is 21.2 Å². The molecule has 36 heavy (non-hydrogen) atoms. The maximum absolute atomic E-state index is 5.65. The molecule has 0 saturated heterocycles. The Hall–Kier alpha value is -3.78. The van der Waals surface area contributed by atoms with E-state index >= 15 is 0 Å². The van der Waals surface area contributed by atoms with Crippen molar-refractivity contribution in [2.24, 2.45) is 0 Å². The maximum Gasteiger partial charge on any atom is 0.135 e. The minimum Gasteiger partial charge on any atom is -0.456 e. The van der Waals surface area contributed by atoms with Gasteiger partial charge in [0.25, 0.3) is 0 Å². The topological polar surface area (TPSA) is 18.1 Å². The quantitative estimate of drug-likeness (QED) is 0.297. The highest BCUT2D eigenvalue weighted by atomic mass is 16.3. The van der Waals surface area contributed by atoms with Crippen LogP contribution >= 0.6 is 0 Å². The number of furan rings is 1. The maximum atomic E-state index is 5.65. The van der Waals surface area contributed by atoms with Crippen LogP contribution in [0.2, 0.25) is 0 Å². The van der Waals surface area contributed by atoms with Crippen LogP contribution in [-0.2, 0) is 0 Å². The lowest BCUT2D eigenvalue weighted by atomic mass is 10.2. The molecule has 0 bridgehead atoms. The van der Waals surface area contributed by atoms with Crippen LogP contribution in [0, 0.1) is 0 Å². The molecule has 2 aromatic heterocycles. The first-order chi connectivity index (χ1) is 17.6. The van der Waals surface area contributed by atoms with Gasteiger partial charge < -0.3 is 8.98 Å². The largest absolute Gasteiger partial charge is 0.456 e. The van der Waals surface area contributed by atoms with E-state index in [9.17, 15) is 0 Å². The molecule has 2 aromatic carbocycles. The molecule has 0 spiro atoms. The van der Waals surface area contributed by atoms with E-state index in [1.54, 1.807) is 0 Å². The number of fused-ring (bicyclic) bond motifs is 1. The highest BCUT2D eigenvalue weighted by molar-refractivity contribution is 5.78. The summed E-state index contributed by atoms with van der Waals surface area (Å²) >= 11 is 0. The van der Waals surface area contributed by atoms with Crippen molar-refractivity contribution in [2.45, 2.75) is 55.4 Å². The number of hydrogen-bond donors (Lipinski definition) is 0. The van der Waals surface area contributed by atoms with Gasteiger partial charge in [0, 0.05) is 32.4 Å². The summed E-state index contributed by atoms with van der Waals surface area (Å²) in [6.07, 6.45) is 12.1. The van der Waals surface area contributed by atoms with E-state index in [0.717, 1.165) is 27.9 Å². The number of benzene rings is 2. The van der Waals surface area contributed by atoms with Crippen molar-refractivity contribution in [1.82, 2.24) is 4.57 Å². The van der Waals surface area contributed by atoms with Crippen molar-refractivity contribution in [3.63, 3.8) is 0 Å². The molecule has 0 unspecified atom stereocenters. The first-order valence-corrected chi connectivity index (χ1v) is 12.9. The van der Waals surface area contributed by atoms with Gasteiger partial charge >= 0.3 is 0 Å². The van der Waals surface area contributed by atoms with Crippen LogP contribution in [0.3, 0.4) is 0 Å². The third-order valence-corrected chi connectivity index (χ3v) is 5.51. The van der Waals surface area contributed by atoms with Crippen molar-refractivity contribution in [3.8, 4) is 5.69 Å². The van der Waals surface area contributed by atoms with Crippen LogP contribution in [0.25, 0.3) is 53.1 Å². The first kappa shape index (κ1) is 30.3. The van der Waals surface area contributed by atoms with Crippen LogP contribution in [0.15, 0.2) is 72.2 Å². The summed E-state index contributed by atoms with van der Waals surface area (Å²) in [5.41, 5.74) is 5.28. The Balaban J connectivity index is 0.000000332. The van der Waals surface area contributed by atoms with Crippen LogP contribution in [0.1, 0.15) is 66.6 Å². The molecule has 4 aromatic rings. The smallest absolute Gasteiger partial charge is 0.135 e. The molecule has 0 fully saturated rings. The third-order valence-electron chi connectivity index (χ3n) is 5.51. The fourth-order valence-corrected chi connectivity index (χ4v) is 4.10. The predicted octanol–water partition coefficient (Wildman–Crippen LogP) is 7.45. The minimum absolute atomic E-state index is 0.962. The van der Waals surface area contributed by atoms with Crippen molar-refractivity contribution < 1.29 is 4.42 Å². The summed E-state index contributed by atoms with van der Waals surface area (Å²) in [6, 6.07) is 18.4. The lowest BCUT2D eigenvalue weighted by Gasteiger charge is -2.07. The third kappa shape index (κ3) is 6.46. The van der Waals surface area contributed by atoms with E-state index in [4.69, 9.17) is 4.42 Å². The van der Waals surface area contributed by atoms with Gasteiger partial charge in [0.15, 0.2) is 0 Å². The number of hydrogen-bond acceptors (Lipinski definition) is 1. The molecule has 2 heteroatoms. The van der Waals surface area contributed by atoms with Gasteiger partial charge in [-0.3, -0.25) is 0 Å². The standard InChI is InChI=1S/C18H19N.C12H12O.2C2H6/c1-5-15-16(6-2)18(8-4)19(17(15)7-3)14-12-10-9-11-13-14;1-3-9-10-7-5-6-8-12(10)13-11(9)4-2;2*1-2/h5-13H,1,3H2,2,4H3;3-8H,1-2H3;2*1-2H3/b16-6-,18-8+;9-3-,11-4+;;. The fourth-order valence-electron chi connectivity index (χ4n) is 4.10. The van der Waals surface area contributed by atoms with E-state index in [1.165, 1.54) is 21.2 Å². The molecule has 0 aliphatic heterocycles. The minimum atomic E-state index is 0.962. The van der Waals surface area contributed by atoms with Gasteiger partial charge in [-0.15, -0.1) is 0 Å². The molecule has 0 atom stereocenters. The number of nitrogens with zero attached hydrogens (tertiary/aromatic N) is 1. The van der Waals surface area contributed by atoms with Crippen LogP contribution in [-0.4, -0.2) is 4.57 Å². The second-order valence-corrected chi connectivity index (χ2v) is 7.21. The summed E-state index contributed by atoms with van der Waals surface area (Å²) in [5.74, 6) is 0. The van der Waals surface area contributed by atoms with Gasteiger partial charge in [0.2, 0.25) is 0 Å². The van der Waals surface area contributed by atoms with Crippen molar-refractivity contribution in [3.05, 3.63) is 100 Å². The highest BCUT2D eigenvalue weighted by Gasteiger charge is 2.10. The van der Waals surface area contributed by atoms with Crippen LogP contribution in [0.4, 0.5) is 0 Å². The summed E-state index contributed by atoms with van der Waals surface area (Å²) < 4.78 is 7.87. The zero-order valence-corrected chi connectivity index (χ0v) is 23.4. The molecule has 0 N–H and O–H groups in total. The van der Waals surface area contributed by atoms with E-state index in [1.807, 2.05) is 96.2 Å². The summed E-state index contributed by atoms with van der Waals surface area (Å²) in [4.78, 5) is 0. The van der Waals surface area contributed by atoms with Crippen molar-refractivity contribution in [2.75, 3.05) is 0 Å². The molecular weight excluding hydrogens is 438 g/mol. The molecule has 0 aliphatic rings. The molecule has 0 radical (unpaired) electrons. The molecule has 2 heterocycles. The lowest BCUT2D eigenvalue weighted by Crippen LogP contribution is -2.28. The van der Waals surface area contributed by atoms with E-state index in [2.05, 4.69) is 68.0 Å². The molecule has 4 rings (SSSR count). The van der Waals surface area contributed by atoms with E-state index in [0.29, 0.717) is 0 Å². The average Bonchev–Trinajstić information content (AvgIpc) is 3.49. The molecular formula is C34H43NO. The summed E-state index contributed by atoms with van der Waals surface area (Å²) in [7, 11) is 0. The summed E-state index contributed by atoms with van der Waals surface area (Å²) in [5, 5.41) is 4.77. The average molecular weight is 482 g/mol. The van der Waals surface area contributed by atoms with Gasteiger partial charge in [-0.25, -0.2) is 0 Å². The lowest BCUT2D eigenvalue weighted by molar-refractivity contribution is 0.575. The Morgan fingerprint density at radius 1 is 0.667 bits per heavy atom. The van der Waals surface area contributed by atoms with Crippen molar-refractivity contribution >= 4 is 47.4 Å². The second-order valence-electron chi connectivity index (χ2n) is 7.21. The zero-order valence-electron chi connectivity index (χ0n) is 23.4. The number of aromatic nitrogens is 1. The van der Waals surface area contributed by atoms with Gasteiger partial charge in [0.05, 0.1) is 5.69 Å². The van der Waals surface area contributed by atoms with Gasteiger partial charge in [-0.05, 0) is 58.0 Å². The molecule has 190 valence electrons. The molecule has 0 saturated carbocycles. The fraction of sp³-hybridized carbons (Fsp3) is 0.235. The van der Waals surface area contributed by atoms with E-state index in [-0.39, 0.29) is 0 Å². The van der Waals surface area contributed by atoms with Gasteiger partial charge in [-0.1, -0.05) is 102 Å². The summed E-state index contributed by atoms with van der Waals surface area (Å²) in [6.45, 7) is 24.0. The predicted molar refractivity (Wildman–Crippen MR) is 164 cm³/mol. The van der Waals surface area contributed by atoms with Gasteiger partial charge in [0.1, 0.15) is 11.0 Å². The highest BCUT2D eigenvalue weighted by Crippen LogP contribution is 2.13. The normalized spacial score (nSPS) is 12.2. The SMILES string of the molecule is C/C=c1\c(=C/C)oc2ccccc12.C=Cc1c(C=C)n(-c2ccccc2)c(=C/C)/c1=C\C.CC.CC. The Kier molecular flexibility index (Phi) is 13.4. The van der Waals surface area contributed by atoms with Crippen LogP contribution in [0.5, 0.6) is 0 Å². The monoisotopic (exact) mass is 481 g/mol. The number of para-hydroxylation sites is 2. The Bertz CT molecular complexity index is 1480. The molecule has 0 amide bonds. The van der Waals surface area contributed by atoms with E-state index < -0.39 is 0 Å². The second kappa shape index (κ2) is 16.0.